The fourth-order valence-corrected chi connectivity index (χ4v) is 1.04. The van der Waals surface area contributed by atoms with E-state index in [1.54, 1.807) is 0 Å². The first-order valence-electron chi connectivity index (χ1n) is 4.27. The summed E-state index contributed by atoms with van der Waals surface area (Å²) in [6.45, 7) is 6.56. The molecule has 0 bridgehead atoms. The first kappa shape index (κ1) is 11.8. The number of carbonyl (C=O) groups excluding carboxylic acids is 1. The van der Waals surface area contributed by atoms with Crippen molar-refractivity contribution < 1.29 is 9.08 Å². The molecule has 0 heterocycles. The summed E-state index contributed by atoms with van der Waals surface area (Å²) in [7, 11) is 0. The molecule has 0 aromatic carbocycles. The first-order chi connectivity index (χ1) is 5.45. The average Bonchev–Trinajstić information content (AvgIpc) is 1.96. The Morgan fingerprint density at radius 1 is 1.33 bits per heavy atom. The Morgan fingerprint density at radius 2 is 1.92 bits per heavy atom. The van der Waals surface area contributed by atoms with Gasteiger partial charge in [0.05, 0.1) is 0 Å². The standard InChI is InChI=1S/C9H17ClO2/c1-9(2,3)7-5-4-6-8(11)12-10/h4-7H2,1-3H3. The molecular weight excluding hydrogens is 176 g/mol. The van der Waals surface area contributed by atoms with Gasteiger partial charge in [-0.05, 0) is 18.3 Å². The van der Waals surface area contributed by atoms with Gasteiger partial charge in [0.25, 0.3) is 0 Å². The van der Waals surface area contributed by atoms with Gasteiger partial charge in [-0.2, -0.15) is 0 Å². The molecule has 2 nitrogen and oxygen atoms in total. The van der Waals surface area contributed by atoms with E-state index in [2.05, 4.69) is 25.1 Å². The van der Waals surface area contributed by atoms with Gasteiger partial charge in [-0.25, -0.2) is 0 Å². The molecule has 0 aliphatic heterocycles. The maximum Gasteiger partial charge on any atom is 0.324 e. The second-order valence-corrected chi connectivity index (χ2v) is 4.37. The normalized spacial score (nSPS) is 11.3. The van der Waals surface area contributed by atoms with Crippen LogP contribution < -0.4 is 0 Å². The van der Waals surface area contributed by atoms with E-state index in [1.165, 1.54) is 0 Å². The predicted molar refractivity (Wildman–Crippen MR) is 49.9 cm³/mol. The lowest BCUT2D eigenvalue weighted by atomic mass is 9.89. The molecule has 0 saturated heterocycles. The molecule has 12 heavy (non-hydrogen) atoms. The summed E-state index contributed by atoms with van der Waals surface area (Å²) in [6.07, 6.45) is 3.47. The summed E-state index contributed by atoms with van der Waals surface area (Å²) in [5.41, 5.74) is 0.352. The Bertz CT molecular complexity index is 138. The van der Waals surface area contributed by atoms with Gasteiger partial charge < -0.3 is 4.29 Å². The topological polar surface area (TPSA) is 26.3 Å². The lowest BCUT2D eigenvalue weighted by Gasteiger charge is -2.16. The second kappa shape index (κ2) is 5.41. The highest BCUT2D eigenvalue weighted by Gasteiger charge is 2.09. The van der Waals surface area contributed by atoms with Gasteiger partial charge in [-0.1, -0.05) is 27.2 Å². The van der Waals surface area contributed by atoms with Crippen LogP contribution in [0.4, 0.5) is 0 Å². The maximum atomic E-state index is 10.6. The van der Waals surface area contributed by atoms with Gasteiger partial charge in [-0.3, -0.25) is 4.79 Å². The third-order valence-electron chi connectivity index (χ3n) is 1.64. The molecule has 0 aromatic rings. The Labute approximate surface area is 79.4 Å². The quantitative estimate of drug-likeness (QED) is 0.639. The molecule has 0 unspecified atom stereocenters. The van der Waals surface area contributed by atoms with Gasteiger partial charge in [0.1, 0.15) is 11.9 Å². The van der Waals surface area contributed by atoms with Crippen LogP contribution in [0.5, 0.6) is 0 Å². The van der Waals surface area contributed by atoms with Crippen molar-refractivity contribution in [3.05, 3.63) is 0 Å². The van der Waals surface area contributed by atoms with E-state index in [4.69, 9.17) is 11.9 Å². The van der Waals surface area contributed by atoms with Gasteiger partial charge in [0.2, 0.25) is 0 Å². The van der Waals surface area contributed by atoms with Crippen LogP contribution in [0.25, 0.3) is 0 Å². The van der Waals surface area contributed by atoms with Gasteiger partial charge >= 0.3 is 5.97 Å². The summed E-state index contributed by atoms with van der Waals surface area (Å²) in [5.74, 6) is -0.328. The van der Waals surface area contributed by atoms with Crippen molar-refractivity contribution in [2.24, 2.45) is 5.41 Å². The van der Waals surface area contributed by atoms with E-state index in [1.807, 2.05) is 0 Å². The van der Waals surface area contributed by atoms with Crippen molar-refractivity contribution in [3.8, 4) is 0 Å². The van der Waals surface area contributed by atoms with Crippen molar-refractivity contribution >= 4 is 17.8 Å². The molecule has 72 valence electrons. The molecule has 0 fully saturated rings. The largest absolute Gasteiger partial charge is 0.348 e. The number of rotatable bonds is 4. The molecule has 0 saturated carbocycles. The highest BCUT2D eigenvalue weighted by molar-refractivity contribution is 6.13. The lowest BCUT2D eigenvalue weighted by Crippen LogP contribution is -2.05. The number of unbranched alkanes of at least 4 members (excludes halogenated alkanes) is 1. The van der Waals surface area contributed by atoms with E-state index in [0.717, 1.165) is 19.3 Å². The average molecular weight is 193 g/mol. The van der Waals surface area contributed by atoms with E-state index in [0.29, 0.717) is 11.8 Å². The Hall–Kier alpha value is -0.240. The minimum absolute atomic E-state index is 0.328. The molecule has 0 rings (SSSR count). The van der Waals surface area contributed by atoms with Crippen molar-refractivity contribution in [1.29, 1.82) is 0 Å². The number of hydrogen-bond acceptors (Lipinski definition) is 2. The molecular formula is C9H17ClO2. The van der Waals surface area contributed by atoms with Crippen LogP contribution >= 0.6 is 11.9 Å². The van der Waals surface area contributed by atoms with Crippen LogP contribution in [0.1, 0.15) is 46.5 Å². The molecule has 0 aliphatic rings. The van der Waals surface area contributed by atoms with Crippen molar-refractivity contribution in [1.82, 2.24) is 0 Å². The van der Waals surface area contributed by atoms with Crippen molar-refractivity contribution in [2.45, 2.75) is 46.5 Å². The van der Waals surface area contributed by atoms with Crippen LogP contribution in [0, 0.1) is 5.41 Å². The summed E-state index contributed by atoms with van der Waals surface area (Å²) in [4.78, 5) is 10.6. The zero-order valence-electron chi connectivity index (χ0n) is 8.02. The molecule has 0 radical (unpaired) electrons. The van der Waals surface area contributed by atoms with Crippen LogP contribution in [0.15, 0.2) is 0 Å². The van der Waals surface area contributed by atoms with Gasteiger partial charge in [0, 0.05) is 6.42 Å². The van der Waals surface area contributed by atoms with E-state index >= 15 is 0 Å². The molecule has 0 N–H and O–H groups in total. The maximum absolute atomic E-state index is 10.6. The minimum atomic E-state index is -0.328. The summed E-state index contributed by atoms with van der Waals surface area (Å²) in [5, 5.41) is 0. The smallest absolute Gasteiger partial charge is 0.324 e. The fourth-order valence-electron chi connectivity index (χ4n) is 0.963. The second-order valence-electron chi connectivity index (χ2n) is 4.22. The molecule has 0 amide bonds. The zero-order chi connectivity index (χ0) is 9.61. The number of halogens is 1. The highest BCUT2D eigenvalue weighted by Crippen LogP contribution is 2.21. The van der Waals surface area contributed by atoms with E-state index < -0.39 is 0 Å². The zero-order valence-corrected chi connectivity index (χ0v) is 8.78. The Kier molecular flexibility index (Phi) is 5.31. The number of hydrogen-bond donors (Lipinski definition) is 0. The molecule has 0 aliphatic carbocycles. The first-order valence-corrected chi connectivity index (χ1v) is 4.58. The molecule has 0 spiro atoms. The third-order valence-corrected chi connectivity index (χ3v) is 1.82. The van der Waals surface area contributed by atoms with Gasteiger partial charge in [-0.15, -0.1) is 0 Å². The monoisotopic (exact) mass is 192 g/mol. The van der Waals surface area contributed by atoms with E-state index in [-0.39, 0.29) is 5.97 Å². The number of carbonyl (C=O) groups is 1. The Balaban J connectivity index is 3.28. The molecule has 3 heteroatoms. The van der Waals surface area contributed by atoms with E-state index in [9.17, 15) is 4.79 Å². The van der Waals surface area contributed by atoms with Crippen LogP contribution in [0.2, 0.25) is 0 Å². The van der Waals surface area contributed by atoms with Gasteiger partial charge in [0.15, 0.2) is 0 Å². The van der Waals surface area contributed by atoms with Crippen molar-refractivity contribution in [2.75, 3.05) is 0 Å². The summed E-state index contributed by atoms with van der Waals surface area (Å²) < 4.78 is 4.02. The summed E-state index contributed by atoms with van der Waals surface area (Å²) in [6, 6.07) is 0. The lowest BCUT2D eigenvalue weighted by molar-refractivity contribution is -0.134. The highest BCUT2D eigenvalue weighted by atomic mass is 35.5. The molecule has 0 atom stereocenters. The van der Waals surface area contributed by atoms with Crippen LogP contribution in [0.3, 0.4) is 0 Å². The third kappa shape index (κ3) is 7.86. The Morgan fingerprint density at radius 3 is 2.33 bits per heavy atom. The van der Waals surface area contributed by atoms with Crippen LogP contribution in [-0.4, -0.2) is 5.97 Å². The van der Waals surface area contributed by atoms with Crippen molar-refractivity contribution in [3.63, 3.8) is 0 Å². The van der Waals surface area contributed by atoms with Crippen LogP contribution in [-0.2, 0) is 9.08 Å². The summed E-state index contributed by atoms with van der Waals surface area (Å²) >= 11 is 4.87. The minimum Gasteiger partial charge on any atom is -0.348 e. The molecule has 0 aromatic heterocycles. The predicted octanol–water partition coefficient (Wildman–Crippen LogP) is 3.29. The fraction of sp³-hybridized carbons (Fsp3) is 0.889. The SMILES string of the molecule is CC(C)(C)CCCCC(=O)OCl.